The van der Waals surface area contributed by atoms with Crippen LogP contribution in [-0.4, -0.2) is 10.9 Å². The van der Waals surface area contributed by atoms with Crippen molar-refractivity contribution in [1.29, 1.82) is 0 Å². The number of aliphatic imine (C=N–C) groups is 1. The van der Waals surface area contributed by atoms with Gasteiger partial charge in [-0.2, -0.15) is 0 Å². The van der Waals surface area contributed by atoms with Gasteiger partial charge >= 0.3 is 0 Å². The van der Waals surface area contributed by atoms with E-state index in [0.717, 1.165) is 36.5 Å². The first-order valence-electron chi connectivity index (χ1n) is 7.37. The van der Waals surface area contributed by atoms with Crippen LogP contribution in [0.5, 0.6) is 5.75 Å². The maximum atomic E-state index is 5.93. The molecular formula is C17H19BrN2OS. The lowest BCUT2D eigenvalue weighted by atomic mass is 9.90. The molecule has 0 spiro atoms. The van der Waals surface area contributed by atoms with Gasteiger partial charge in [0.25, 0.3) is 0 Å². The summed E-state index contributed by atoms with van der Waals surface area (Å²) in [6.45, 7) is 2.14. The highest BCUT2D eigenvalue weighted by molar-refractivity contribution is 9.11. The number of nitrogens with two attached hydrogens (primary N) is 1. The highest BCUT2D eigenvalue weighted by Crippen LogP contribution is 2.36. The van der Waals surface area contributed by atoms with Gasteiger partial charge in [-0.3, -0.25) is 4.99 Å². The molecule has 1 unspecified atom stereocenters. The molecule has 2 aliphatic rings. The molecule has 1 heterocycles. The second-order valence-electron chi connectivity index (χ2n) is 5.70. The predicted octanol–water partition coefficient (Wildman–Crippen LogP) is 4.69. The van der Waals surface area contributed by atoms with Crippen molar-refractivity contribution in [1.82, 2.24) is 0 Å². The summed E-state index contributed by atoms with van der Waals surface area (Å²) in [5.41, 5.74) is 6.85. The Kier molecular flexibility index (Phi) is 4.64. The summed E-state index contributed by atoms with van der Waals surface area (Å²) < 4.78 is 7.15. The first-order valence-corrected chi connectivity index (χ1v) is 9.15. The molecule has 1 aromatic carbocycles. The van der Waals surface area contributed by atoms with Gasteiger partial charge < -0.3 is 10.5 Å². The Morgan fingerprint density at radius 1 is 1.23 bits per heavy atom. The molecule has 0 fully saturated rings. The van der Waals surface area contributed by atoms with Crippen LogP contribution >= 0.6 is 27.7 Å². The molecule has 2 N–H and O–H groups in total. The molecule has 0 radical (unpaired) electrons. The zero-order valence-electron chi connectivity index (χ0n) is 12.5. The van der Waals surface area contributed by atoms with Crippen molar-refractivity contribution >= 4 is 32.9 Å². The monoisotopic (exact) mass is 378 g/mol. The van der Waals surface area contributed by atoms with Crippen molar-refractivity contribution in [2.24, 2.45) is 10.7 Å². The van der Waals surface area contributed by atoms with Crippen LogP contribution < -0.4 is 10.5 Å². The molecule has 1 aromatic rings. The molecule has 1 atom stereocenters. The quantitative estimate of drug-likeness (QED) is 0.829. The zero-order valence-corrected chi connectivity index (χ0v) is 14.9. The van der Waals surface area contributed by atoms with Gasteiger partial charge in [0.05, 0.1) is 5.54 Å². The van der Waals surface area contributed by atoms with Gasteiger partial charge in [0.2, 0.25) is 0 Å². The summed E-state index contributed by atoms with van der Waals surface area (Å²) in [7, 11) is 0. The van der Waals surface area contributed by atoms with E-state index < -0.39 is 0 Å². The van der Waals surface area contributed by atoms with Crippen molar-refractivity contribution in [3.63, 3.8) is 0 Å². The fraction of sp³-hybridized carbons (Fsp3) is 0.353. The predicted molar refractivity (Wildman–Crippen MR) is 97.4 cm³/mol. The lowest BCUT2D eigenvalue weighted by Crippen LogP contribution is -2.28. The summed E-state index contributed by atoms with van der Waals surface area (Å²) in [6.07, 6.45) is 6.99. The Morgan fingerprint density at radius 3 is 2.64 bits per heavy atom. The van der Waals surface area contributed by atoms with Crippen LogP contribution in [-0.2, 0) is 5.54 Å². The maximum Gasteiger partial charge on any atom is 0.154 e. The molecule has 0 aromatic heterocycles. The highest BCUT2D eigenvalue weighted by Gasteiger charge is 2.29. The summed E-state index contributed by atoms with van der Waals surface area (Å²) >= 11 is 5.13. The van der Waals surface area contributed by atoms with Crippen molar-refractivity contribution < 1.29 is 4.74 Å². The van der Waals surface area contributed by atoms with Gasteiger partial charge in [0.1, 0.15) is 11.5 Å². The van der Waals surface area contributed by atoms with Crippen LogP contribution in [0.4, 0.5) is 0 Å². The van der Waals surface area contributed by atoms with Crippen molar-refractivity contribution in [2.75, 3.05) is 5.75 Å². The zero-order chi connectivity index (χ0) is 15.6. The molecule has 5 heteroatoms. The Hall–Kier alpha value is -1.20. The van der Waals surface area contributed by atoms with E-state index in [-0.39, 0.29) is 5.54 Å². The molecule has 1 aliphatic carbocycles. The summed E-state index contributed by atoms with van der Waals surface area (Å²) in [5, 5.41) is 0.679. The normalized spacial score (nSPS) is 25.1. The van der Waals surface area contributed by atoms with E-state index in [1.54, 1.807) is 11.8 Å². The van der Waals surface area contributed by atoms with Crippen LogP contribution in [0, 0.1) is 0 Å². The van der Waals surface area contributed by atoms with Gasteiger partial charge in [-0.25, -0.2) is 0 Å². The second kappa shape index (κ2) is 6.50. The standard InChI is InChI=1S/C17H19BrN2OS/c1-17(10-11-22-16(19)20-17)12-2-6-14(7-3-12)21-15-8-4-13(18)5-9-15/h2-4,6-8H,5,9-11H2,1H3,(H2,19,20). The van der Waals surface area contributed by atoms with E-state index >= 15 is 0 Å². The molecule has 1 aliphatic heterocycles. The third kappa shape index (κ3) is 3.58. The fourth-order valence-corrected chi connectivity index (χ4v) is 3.91. The van der Waals surface area contributed by atoms with Crippen molar-refractivity contribution in [3.05, 3.63) is 52.2 Å². The fourth-order valence-electron chi connectivity index (χ4n) is 2.61. The largest absolute Gasteiger partial charge is 0.462 e. The van der Waals surface area contributed by atoms with Crippen LogP contribution in [0.3, 0.4) is 0 Å². The summed E-state index contributed by atoms with van der Waals surface area (Å²) in [4.78, 5) is 4.63. The van der Waals surface area contributed by atoms with Crippen LogP contribution in [0.15, 0.2) is 51.7 Å². The molecule has 22 heavy (non-hydrogen) atoms. The van der Waals surface area contributed by atoms with E-state index in [9.17, 15) is 0 Å². The Balaban J connectivity index is 1.74. The van der Waals surface area contributed by atoms with Gasteiger partial charge in [-0.15, -0.1) is 0 Å². The molecular weight excluding hydrogens is 360 g/mol. The Morgan fingerprint density at radius 2 is 2.00 bits per heavy atom. The minimum atomic E-state index is -0.217. The van der Waals surface area contributed by atoms with Gasteiger partial charge in [0, 0.05) is 12.2 Å². The first kappa shape index (κ1) is 15.7. The number of rotatable bonds is 3. The van der Waals surface area contributed by atoms with E-state index in [1.165, 1.54) is 10.0 Å². The Labute approximate surface area is 143 Å². The molecule has 0 saturated heterocycles. The van der Waals surface area contributed by atoms with Crippen molar-refractivity contribution in [3.8, 4) is 5.75 Å². The molecule has 0 bridgehead atoms. The summed E-state index contributed by atoms with van der Waals surface area (Å²) in [5.74, 6) is 2.88. The second-order valence-corrected chi connectivity index (χ2v) is 7.83. The van der Waals surface area contributed by atoms with Gasteiger partial charge in [-0.1, -0.05) is 39.8 Å². The third-order valence-corrected chi connectivity index (χ3v) is 5.44. The topological polar surface area (TPSA) is 47.6 Å². The van der Waals surface area contributed by atoms with E-state index in [0.29, 0.717) is 5.17 Å². The molecule has 3 rings (SSSR count). The number of amidine groups is 1. The van der Waals surface area contributed by atoms with Gasteiger partial charge in [0.15, 0.2) is 5.17 Å². The molecule has 0 amide bonds. The van der Waals surface area contributed by atoms with E-state index in [4.69, 9.17) is 10.5 Å². The smallest absolute Gasteiger partial charge is 0.154 e. The van der Waals surface area contributed by atoms with Crippen LogP contribution in [0.1, 0.15) is 31.7 Å². The molecule has 0 saturated carbocycles. The number of thioether (sulfide) groups is 1. The number of hydrogen-bond acceptors (Lipinski definition) is 4. The Bertz CT molecular complexity index is 651. The van der Waals surface area contributed by atoms with E-state index in [2.05, 4.69) is 40.0 Å². The lowest BCUT2D eigenvalue weighted by molar-refractivity contribution is 0.401. The van der Waals surface area contributed by atoms with E-state index in [1.807, 2.05) is 24.3 Å². The average molecular weight is 379 g/mol. The third-order valence-electron chi connectivity index (χ3n) is 3.98. The maximum absolute atomic E-state index is 5.93. The molecule has 116 valence electrons. The molecule has 3 nitrogen and oxygen atoms in total. The highest BCUT2D eigenvalue weighted by atomic mass is 79.9. The number of benzene rings is 1. The number of ether oxygens (including phenoxy) is 1. The number of hydrogen-bond donors (Lipinski definition) is 1. The van der Waals surface area contributed by atoms with Crippen LogP contribution in [0.25, 0.3) is 0 Å². The number of allylic oxidation sites excluding steroid dienone is 4. The summed E-state index contributed by atoms with van der Waals surface area (Å²) in [6, 6.07) is 8.22. The van der Waals surface area contributed by atoms with Crippen molar-refractivity contribution in [2.45, 2.75) is 31.7 Å². The minimum absolute atomic E-state index is 0.217. The SMILES string of the molecule is CC1(c2ccc(OC3=CC=C(Br)CC3)cc2)CCSC(N)=N1. The van der Waals surface area contributed by atoms with Gasteiger partial charge in [-0.05, 0) is 54.1 Å². The minimum Gasteiger partial charge on any atom is -0.462 e. The van der Waals surface area contributed by atoms with Crippen LogP contribution in [0.2, 0.25) is 0 Å². The number of nitrogens with zero attached hydrogens (tertiary/aromatic N) is 1. The average Bonchev–Trinajstić information content (AvgIpc) is 2.50. The first-order chi connectivity index (χ1) is 10.5. The lowest BCUT2D eigenvalue weighted by Gasteiger charge is -2.29. The number of halogens is 1.